The van der Waals surface area contributed by atoms with Crippen LogP contribution in [-0.2, 0) is 14.3 Å². The average Bonchev–Trinajstić information content (AvgIpc) is 2.13. The third-order valence-electron chi connectivity index (χ3n) is 1.74. The summed E-state index contributed by atoms with van der Waals surface area (Å²) >= 11 is 0. The molecule has 98 valence electrons. The van der Waals surface area contributed by atoms with Crippen LogP contribution < -0.4 is 5.73 Å². The number of carbonyl (C=O) groups is 1. The maximum atomic E-state index is 11.3. The van der Waals surface area contributed by atoms with E-state index in [4.69, 9.17) is 15.2 Å². The summed E-state index contributed by atoms with van der Waals surface area (Å²) in [6.45, 7) is 8.44. The number of rotatable bonds is 6. The molecule has 0 aromatic heterocycles. The van der Waals surface area contributed by atoms with E-state index in [9.17, 15) is 4.79 Å². The lowest BCUT2D eigenvalue weighted by Crippen LogP contribution is -2.39. The van der Waals surface area contributed by atoms with Gasteiger partial charge in [-0.15, -0.1) is 12.4 Å². The van der Waals surface area contributed by atoms with Gasteiger partial charge in [0.05, 0.1) is 18.8 Å². The first kappa shape index (κ1) is 18.1. The summed E-state index contributed by atoms with van der Waals surface area (Å²) in [6, 6.07) is -0.680. The Morgan fingerprint density at radius 3 is 2.38 bits per heavy atom. The Bertz CT molecular complexity index is 192. The van der Waals surface area contributed by atoms with E-state index in [1.54, 1.807) is 0 Å². The summed E-state index contributed by atoms with van der Waals surface area (Å²) in [5, 5.41) is 0. The highest BCUT2D eigenvalue weighted by molar-refractivity contribution is 5.85. The number of hydrogen-bond acceptors (Lipinski definition) is 4. The molecule has 16 heavy (non-hydrogen) atoms. The minimum atomic E-state index is -0.680. The Labute approximate surface area is 104 Å². The number of ether oxygens (including phenoxy) is 2. The number of esters is 1. The first-order valence-corrected chi connectivity index (χ1v) is 5.43. The number of unbranched alkanes of at least 4 members (excludes halogenated alkanes) is 1. The molecule has 0 rings (SSSR count). The predicted molar refractivity (Wildman–Crippen MR) is 66.8 cm³/mol. The van der Waals surface area contributed by atoms with Gasteiger partial charge in [0.2, 0.25) is 0 Å². The SMILES string of the molecule is CCCCOC(=O)C(N)COC(C)(C)C.Cl. The van der Waals surface area contributed by atoms with Crippen LogP contribution in [0.25, 0.3) is 0 Å². The van der Waals surface area contributed by atoms with Gasteiger partial charge in [-0.25, -0.2) is 0 Å². The molecule has 0 aliphatic heterocycles. The molecule has 0 aliphatic carbocycles. The fraction of sp³-hybridized carbons (Fsp3) is 0.909. The van der Waals surface area contributed by atoms with Crippen molar-refractivity contribution in [1.82, 2.24) is 0 Å². The van der Waals surface area contributed by atoms with Crippen molar-refractivity contribution in [2.24, 2.45) is 5.73 Å². The molecular weight excluding hydrogens is 230 g/mol. The summed E-state index contributed by atoms with van der Waals surface area (Å²) in [4.78, 5) is 11.3. The van der Waals surface area contributed by atoms with E-state index in [1.165, 1.54) is 0 Å². The van der Waals surface area contributed by atoms with E-state index < -0.39 is 6.04 Å². The fourth-order valence-electron chi connectivity index (χ4n) is 0.832. The van der Waals surface area contributed by atoms with Crippen molar-refractivity contribution in [1.29, 1.82) is 0 Å². The van der Waals surface area contributed by atoms with Gasteiger partial charge in [0.15, 0.2) is 0 Å². The highest BCUT2D eigenvalue weighted by Crippen LogP contribution is 2.06. The molecule has 5 heteroatoms. The first-order chi connectivity index (χ1) is 6.87. The largest absolute Gasteiger partial charge is 0.464 e. The lowest BCUT2D eigenvalue weighted by Gasteiger charge is -2.21. The maximum Gasteiger partial charge on any atom is 0.325 e. The molecule has 0 aromatic rings. The second-order valence-corrected chi connectivity index (χ2v) is 4.55. The molecule has 0 fully saturated rings. The Morgan fingerprint density at radius 1 is 1.38 bits per heavy atom. The second kappa shape index (κ2) is 8.79. The summed E-state index contributed by atoms with van der Waals surface area (Å²) in [6.07, 6.45) is 1.87. The van der Waals surface area contributed by atoms with Crippen LogP contribution in [0.1, 0.15) is 40.5 Å². The highest BCUT2D eigenvalue weighted by atomic mass is 35.5. The molecule has 0 radical (unpaired) electrons. The van der Waals surface area contributed by atoms with Crippen LogP contribution in [0.3, 0.4) is 0 Å². The van der Waals surface area contributed by atoms with E-state index in [0.717, 1.165) is 12.8 Å². The van der Waals surface area contributed by atoms with Gasteiger partial charge in [0.1, 0.15) is 6.04 Å². The third-order valence-corrected chi connectivity index (χ3v) is 1.74. The fourth-order valence-corrected chi connectivity index (χ4v) is 0.832. The zero-order chi connectivity index (χ0) is 11.9. The summed E-state index contributed by atoms with van der Waals surface area (Å²) in [5.74, 6) is -0.382. The van der Waals surface area contributed by atoms with E-state index in [-0.39, 0.29) is 30.6 Å². The lowest BCUT2D eigenvalue weighted by atomic mass is 10.2. The molecule has 0 saturated heterocycles. The number of nitrogens with two attached hydrogens (primary N) is 1. The predicted octanol–water partition coefficient (Wildman–Crippen LogP) is 1.89. The standard InChI is InChI=1S/C11H23NO3.ClH/c1-5-6-7-14-10(13)9(12)8-15-11(2,3)4;/h9H,5-8,12H2,1-4H3;1H. The van der Waals surface area contributed by atoms with Crippen LogP contribution >= 0.6 is 12.4 Å². The average molecular weight is 254 g/mol. The molecule has 1 atom stereocenters. The Morgan fingerprint density at radius 2 is 1.94 bits per heavy atom. The topological polar surface area (TPSA) is 61.5 Å². The molecule has 0 heterocycles. The Kier molecular flexibility index (Phi) is 9.92. The molecular formula is C11H24ClNO3. The van der Waals surface area contributed by atoms with Gasteiger partial charge in [0, 0.05) is 0 Å². The zero-order valence-corrected chi connectivity index (χ0v) is 11.4. The van der Waals surface area contributed by atoms with Gasteiger partial charge < -0.3 is 15.2 Å². The molecule has 4 nitrogen and oxygen atoms in total. The third kappa shape index (κ3) is 10.2. The van der Waals surface area contributed by atoms with Crippen LogP contribution in [0.2, 0.25) is 0 Å². The quantitative estimate of drug-likeness (QED) is 0.580. The van der Waals surface area contributed by atoms with Crippen molar-refractivity contribution < 1.29 is 14.3 Å². The minimum Gasteiger partial charge on any atom is -0.464 e. The molecule has 0 aliphatic rings. The molecule has 0 amide bonds. The van der Waals surface area contributed by atoms with Gasteiger partial charge in [-0.3, -0.25) is 4.79 Å². The van der Waals surface area contributed by atoms with Crippen molar-refractivity contribution in [2.45, 2.75) is 52.2 Å². The minimum absolute atomic E-state index is 0. The van der Waals surface area contributed by atoms with Crippen molar-refractivity contribution in [3.8, 4) is 0 Å². The lowest BCUT2D eigenvalue weighted by molar-refractivity contribution is -0.148. The van der Waals surface area contributed by atoms with Crippen molar-refractivity contribution in [3.63, 3.8) is 0 Å². The van der Waals surface area contributed by atoms with Crippen LogP contribution in [0, 0.1) is 0 Å². The van der Waals surface area contributed by atoms with Crippen molar-refractivity contribution >= 4 is 18.4 Å². The van der Waals surface area contributed by atoms with E-state index in [1.807, 2.05) is 27.7 Å². The van der Waals surface area contributed by atoms with E-state index in [0.29, 0.717) is 6.61 Å². The Balaban J connectivity index is 0. The van der Waals surface area contributed by atoms with Gasteiger partial charge in [-0.1, -0.05) is 13.3 Å². The molecule has 1 unspecified atom stereocenters. The highest BCUT2D eigenvalue weighted by Gasteiger charge is 2.19. The summed E-state index contributed by atoms with van der Waals surface area (Å²) in [7, 11) is 0. The smallest absolute Gasteiger partial charge is 0.325 e. The normalized spacial score (nSPS) is 12.8. The van der Waals surface area contributed by atoms with Gasteiger partial charge in [0.25, 0.3) is 0 Å². The van der Waals surface area contributed by atoms with Crippen LogP contribution in [0.5, 0.6) is 0 Å². The zero-order valence-electron chi connectivity index (χ0n) is 10.6. The monoisotopic (exact) mass is 253 g/mol. The molecule has 0 saturated carbocycles. The number of hydrogen-bond donors (Lipinski definition) is 1. The molecule has 0 spiro atoms. The molecule has 2 N–H and O–H groups in total. The first-order valence-electron chi connectivity index (χ1n) is 5.43. The van der Waals surface area contributed by atoms with Crippen molar-refractivity contribution in [3.05, 3.63) is 0 Å². The van der Waals surface area contributed by atoms with Gasteiger partial charge in [-0.2, -0.15) is 0 Å². The van der Waals surface area contributed by atoms with E-state index >= 15 is 0 Å². The molecule has 0 bridgehead atoms. The number of carbonyl (C=O) groups excluding carboxylic acids is 1. The summed E-state index contributed by atoms with van der Waals surface area (Å²) in [5.41, 5.74) is 5.33. The summed E-state index contributed by atoms with van der Waals surface area (Å²) < 4.78 is 10.4. The van der Waals surface area contributed by atoms with Crippen LogP contribution in [0.15, 0.2) is 0 Å². The van der Waals surface area contributed by atoms with Gasteiger partial charge >= 0.3 is 5.97 Å². The van der Waals surface area contributed by atoms with Crippen LogP contribution in [0.4, 0.5) is 0 Å². The Hall–Kier alpha value is -0.320. The van der Waals surface area contributed by atoms with E-state index in [2.05, 4.69) is 0 Å². The van der Waals surface area contributed by atoms with Crippen LogP contribution in [-0.4, -0.2) is 30.8 Å². The van der Waals surface area contributed by atoms with Gasteiger partial charge in [-0.05, 0) is 27.2 Å². The number of halogens is 1. The molecule has 0 aromatic carbocycles. The van der Waals surface area contributed by atoms with Crippen molar-refractivity contribution in [2.75, 3.05) is 13.2 Å². The maximum absolute atomic E-state index is 11.3. The second-order valence-electron chi connectivity index (χ2n) is 4.55.